The maximum Gasteiger partial charge on any atom is 0.133 e. The predicted octanol–water partition coefficient (Wildman–Crippen LogP) is 3.79. The maximum atomic E-state index is 11.7. The van der Waals surface area contributed by atoms with E-state index in [1.165, 1.54) is 32.1 Å². The molecule has 106 valence electrons. The quantitative estimate of drug-likeness (QED) is 0.809. The van der Waals surface area contributed by atoms with Gasteiger partial charge in [0.25, 0.3) is 0 Å². The second-order valence-corrected chi connectivity index (χ2v) is 6.24. The Balaban J connectivity index is 2.01. The van der Waals surface area contributed by atoms with Crippen LogP contribution in [-0.2, 0) is 11.2 Å². The molecule has 1 aliphatic carbocycles. The van der Waals surface area contributed by atoms with Crippen LogP contribution >= 0.6 is 0 Å². The average Bonchev–Trinajstić information content (AvgIpc) is 2.85. The molecule has 2 rings (SSSR count). The van der Waals surface area contributed by atoms with E-state index < -0.39 is 0 Å². The molecular weight excluding hydrogens is 236 g/mol. The van der Waals surface area contributed by atoms with Crippen molar-refractivity contribution in [2.75, 3.05) is 0 Å². The molecule has 0 N–H and O–H groups in total. The normalized spacial score (nSPS) is 18.7. The number of carbonyl (C=O) groups is 1. The van der Waals surface area contributed by atoms with E-state index in [2.05, 4.69) is 30.8 Å². The Morgan fingerprint density at radius 2 is 2.05 bits per heavy atom. The van der Waals surface area contributed by atoms with Crippen LogP contribution in [-0.4, -0.2) is 15.6 Å². The molecule has 1 unspecified atom stereocenters. The zero-order valence-corrected chi connectivity index (χ0v) is 12.4. The molecule has 0 saturated heterocycles. The lowest BCUT2D eigenvalue weighted by molar-refractivity contribution is -0.121. The van der Waals surface area contributed by atoms with Gasteiger partial charge in [0.2, 0.25) is 0 Å². The van der Waals surface area contributed by atoms with Crippen LogP contribution in [0.15, 0.2) is 12.3 Å². The fraction of sp³-hybridized carbons (Fsp3) is 0.750. The number of carbonyl (C=O) groups excluding carboxylic acids is 1. The zero-order valence-electron chi connectivity index (χ0n) is 12.4. The first kappa shape index (κ1) is 14.3. The highest BCUT2D eigenvalue weighted by atomic mass is 16.1. The Morgan fingerprint density at radius 1 is 1.37 bits per heavy atom. The summed E-state index contributed by atoms with van der Waals surface area (Å²) in [4.78, 5) is 11.7. The summed E-state index contributed by atoms with van der Waals surface area (Å²) in [5.74, 6) is 0.772. The van der Waals surface area contributed by atoms with Gasteiger partial charge in [-0.25, -0.2) is 0 Å². The first-order valence-electron chi connectivity index (χ1n) is 7.62. The Labute approximate surface area is 116 Å². The van der Waals surface area contributed by atoms with E-state index in [1.807, 2.05) is 0 Å². The second kappa shape index (κ2) is 6.36. The van der Waals surface area contributed by atoms with Crippen molar-refractivity contribution in [2.45, 2.75) is 65.3 Å². The molecule has 19 heavy (non-hydrogen) atoms. The second-order valence-electron chi connectivity index (χ2n) is 6.24. The Hall–Kier alpha value is -1.12. The molecule has 1 atom stereocenters. The summed E-state index contributed by atoms with van der Waals surface area (Å²) < 4.78 is 2.13. The van der Waals surface area contributed by atoms with Crippen molar-refractivity contribution >= 4 is 5.78 Å². The van der Waals surface area contributed by atoms with Gasteiger partial charge in [-0.15, -0.1) is 0 Å². The van der Waals surface area contributed by atoms with Gasteiger partial charge in [-0.3, -0.25) is 9.48 Å². The molecule has 0 bridgehead atoms. The van der Waals surface area contributed by atoms with Crippen molar-refractivity contribution in [1.82, 2.24) is 9.78 Å². The van der Waals surface area contributed by atoms with E-state index in [9.17, 15) is 4.79 Å². The van der Waals surface area contributed by atoms with E-state index in [0.29, 0.717) is 12.0 Å². The van der Waals surface area contributed by atoms with E-state index in [0.717, 1.165) is 12.1 Å². The van der Waals surface area contributed by atoms with Crippen LogP contribution in [0.25, 0.3) is 0 Å². The lowest BCUT2D eigenvalue weighted by Crippen LogP contribution is -2.21. The molecule has 1 heterocycles. The summed E-state index contributed by atoms with van der Waals surface area (Å²) in [6, 6.07) is 2.67. The van der Waals surface area contributed by atoms with Gasteiger partial charge in [-0.1, -0.05) is 33.1 Å². The molecule has 0 aromatic carbocycles. The van der Waals surface area contributed by atoms with E-state index in [1.54, 1.807) is 6.92 Å². The average molecular weight is 262 g/mol. The molecule has 0 radical (unpaired) electrons. The lowest BCUT2D eigenvalue weighted by atomic mass is 9.88. The summed E-state index contributed by atoms with van der Waals surface area (Å²) in [7, 11) is 0. The van der Waals surface area contributed by atoms with Gasteiger partial charge in [0.1, 0.15) is 5.78 Å². The molecule has 0 spiro atoms. The molecular formula is C16H26N2O. The fourth-order valence-electron chi connectivity index (χ4n) is 3.11. The largest absolute Gasteiger partial charge is 0.300 e. The molecule has 1 fully saturated rings. The highest BCUT2D eigenvalue weighted by Crippen LogP contribution is 2.28. The Morgan fingerprint density at radius 3 is 2.63 bits per heavy atom. The maximum absolute atomic E-state index is 11.7. The highest BCUT2D eigenvalue weighted by molar-refractivity contribution is 5.78. The number of Topliss-reactive ketones (excluding diaryl/α,β-unsaturated/α-hetero) is 1. The van der Waals surface area contributed by atoms with Gasteiger partial charge in [0.15, 0.2) is 0 Å². The number of nitrogens with zero attached hydrogens (tertiary/aromatic N) is 2. The minimum absolute atomic E-state index is 0.106. The summed E-state index contributed by atoms with van der Waals surface area (Å²) in [6.45, 7) is 5.93. The van der Waals surface area contributed by atoms with Crippen molar-refractivity contribution < 1.29 is 4.79 Å². The van der Waals surface area contributed by atoms with Crippen LogP contribution in [0, 0.1) is 11.8 Å². The standard InChI is InChI=1S/C16H26N2O/c1-12(2)16(13(3)19)11-14-9-10-18(17-14)15-7-5-4-6-8-15/h9-10,12,15-16H,4-8,11H2,1-3H3. The van der Waals surface area contributed by atoms with Crippen LogP contribution < -0.4 is 0 Å². The number of rotatable bonds is 5. The zero-order chi connectivity index (χ0) is 13.8. The van der Waals surface area contributed by atoms with E-state index in [4.69, 9.17) is 5.10 Å². The molecule has 3 heteroatoms. The highest BCUT2D eigenvalue weighted by Gasteiger charge is 2.21. The van der Waals surface area contributed by atoms with Crippen LogP contribution in [0.5, 0.6) is 0 Å². The van der Waals surface area contributed by atoms with Crippen molar-refractivity contribution in [3.05, 3.63) is 18.0 Å². The minimum Gasteiger partial charge on any atom is -0.300 e. The SMILES string of the molecule is CC(=O)C(Cc1ccn(C2CCCCC2)n1)C(C)C. The number of hydrogen-bond acceptors (Lipinski definition) is 2. The third-order valence-corrected chi connectivity index (χ3v) is 4.37. The molecule has 1 saturated carbocycles. The Kier molecular flexibility index (Phi) is 4.78. The third-order valence-electron chi connectivity index (χ3n) is 4.37. The molecule has 1 aliphatic rings. The van der Waals surface area contributed by atoms with Gasteiger partial charge >= 0.3 is 0 Å². The van der Waals surface area contributed by atoms with E-state index in [-0.39, 0.29) is 11.7 Å². The van der Waals surface area contributed by atoms with Crippen molar-refractivity contribution in [1.29, 1.82) is 0 Å². The number of hydrogen-bond donors (Lipinski definition) is 0. The predicted molar refractivity (Wildman–Crippen MR) is 77.1 cm³/mol. The molecule has 1 aromatic rings. The smallest absolute Gasteiger partial charge is 0.133 e. The summed E-state index contributed by atoms with van der Waals surface area (Å²) in [6.07, 6.45) is 9.40. The summed E-state index contributed by atoms with van der Waals surface area (Å²) in [5.41, 5.74) is 1.07. The van der Waals surface area contributed by atoms with Gasteiger partial charge in [0.05, 0.1) is 11.7 Å². The first-order chi connectivity index (χ1) is 9.08. The topological polar surface area (TPSA) is 34.9 Å². The summed E-state index contributed by atoms with van der Waals surface area (Å²) in [5, 5.41) is 4.70. The van der Waals surface area contributed by atoms with Crippen LogP contribution in [0.2, 0.25) is 0 Å². The fourth-order valence-corrected chi connectivity index (χ4v) is 3.11. The van der Waals surface area contributed by atoms with Gasteiger partial charge in [0, 0.05) is 18.5 Å². The molecule has 3 nitrogen and oxygen atoms in total. The molecule has 0 amide bonds. The van der Waals surface area contributed by atoms with Gasteiger partial charge in [-0.2, -0.15) is 5.10 Å². The van der Waals surface area contributed by atoms with Crippen molar-refractivity contribution in [3.8, 4) is 0 Å². The van der Waals surface area contributed by atoms with Crippen molar-refractivity contribution in [2.24, 2.45) is 11.8 Å². The number of aromatic nitrogens is 2. The van der Waals surface area contributed by atoms with Crippen LogP contribution in [0.1, 0.15) is 64.6 Å². The van der Waals surface area contributed by atoms with Gasteiger partial charge in [-0.05, 0) is 31.7 Å². The Bertz CT molecular complexity index is 416. The van der Waals surface area contributed by atoms with Crippen LogP contribution in [0.4, 0.5) is 0 Å². The van der Waals surface area contributed by atoms with Crippen LogP contribution in [0.3, 0.4) is 0 Å². The first-order valence-corrected chi connectivity index (χ1v) is 7.62. The van der Waals surface area contributed by atoms with E-state index >= 15 is 0 Å². The molecule has 0 aliphatic heterocycles. The lowest BCUT2D eigenvalue weighted by Gasteiger charge is -2.22. The molecule has 1 aromatic heterocycles. The third kappa shape index (κ3) is 3.68. The summed E-state index contributed by atoms with van der Waals surface area (Å²) >= 11 is 0. The minimum atomic E-state index is 0.106. The monoisotopic (exact) mass is 262 g/mol. The number of ketones is 1. The van der Waals surface area contributed by atoms with Gasteiger partial charge < -0.3 is 0 Å². The van der Waals surface area contributed by atoms with Crippen molar-refractivity contribution in [3.63, 3.8) is 0 Å².